The average molecular weight is 336 g/mol. The monoisotopic (exact) mass is 335 g/mol. The van der Waals surface area contributed by atoms with Crippen LogP contribution in [0.25, 0.3) is 0 Å². The Morgan fingerprint density at radius 1 is 1.11 bits per heavy atom. The first-order chi connectivity index (χ1) is 8.97. The molecule has 0 aliphatic carbocycles. The maximum Gasteiger partial charge on any atom is 0.130 e. The van der Waals surface area contributed by atoms with E-state index in [0.717, 1.165) is 32.7 Å². The molecule has 2 aromatic rings. The standard InChI is InChI=1S/C15H14BrNOS/c1-9-8-12(4-5-13(9)15(17)19)18-14-6-3-11(16)7-10(14)2/h3-8H,1-2H3,(H2,17,19). The Labute approximate surface area is 126 Å². The average Bonchev–Trinajstić information content (AvgIpc) is 2.32. The molecule has 98 valence electrons. The number of ether oxygens (including phenoxy) is 1. The van der Waals surface area contributed by atoms with Crippen molar-refractivity contribution < 1.29 is 4.74 Å². The Bertz CT molecular complexity index is 640. The molecule has 0 aliphatic rings. The van der Waals surface area contributed by atoms with Crippen LogP contribution in [0.5, 0.6) is 11.5 Å². The zero-order valence-electron chi connectivity index (χ0n) is 10.7. The summed E-state index contributed by atoms with van der Waals surface area (Å²) < 4.78 is 6.91. The number of aryl methyl sites for hydroxylation is 2. The largest absolute Gasteiger partial charge is 0.457 e. The summed E-state index contributed by atoms with van der Waals surface area (Å²) in [7, 11) is 0. The van der Waals surface area contributed by atoms with Crippen molar-refractivity contribution in [1.82, 2.24) is 0 Å². The molecule has 0 fully saturated rings. The van der Waals surface area contributed by atoms with E-state index >= 15 is 0 Å². The normalized spacial score (nSPS) is 10.3. The first-order valence-corrected chi connectivity index (χ1v) is 7.02. The van der Waals surface area contributed by atoms with Gasteiger partial charge in [0, 0.05) is 10.0 Å². The van der Waals surface area contributed by atoms with Gasteiger partial charge in [-0.3, -0.25) is 0 Å². The molecule has 19 heavy (non-hydrogen) atoms. The number of hydrogen-bond acceptors (Lipinski definition) is 2. The second-order valence-corrected chi connectivity index (χ2v) is 5.71. The van der Waals surface area contributed by atoms with Gasteiger partial charge in [0.15, 0.2) is 0 Å². The van der Waals surface area contributed by atoms with Crippen molar-refractivity contribution in [3.05, 3.63) is 57.6 Å². The Hall–Kier alpha value is -1.39. The predicted molar refractivity (Wildman–Crippen MR) is 86.0 cm³/mol. The smallest absolute Gasteiger partial charge is 0.130 e. The summed E-state index contributed by atoms with van der Waals surface area (Å²) in [6.07, 6.45) is 0. The van der Waals surface area contributed by atoms with Gasteiger partial charge < -0.3 is 10.5 Å². The molecule has 0 radical (unpaired) electrons. The van der Waals surface area contributed by atoms with Crippen LogP contribution >= 0.6 is 28.1 Å². The van der Waals surface area contributed by atoms with E-state index in [2.05, 4.69) is 15.9 Å². The van der Waals surface area contributed by atoms with Gasteiger partial charge in [-0.15, -0.1) is 0 Å². The second kappa shape index (κ2) is 5.72. The molecule has 0 atom stereocenters. The Kier molecular flexibility index (Phi) is 4.22. The predicted octanol–water partition coefficient (Wildman–Crippen LogP) is 4.49. The summed E-state index contributed by atoms with van der Waals surface area (Å²) in [4.78, 5) is 0.406. The first kappa shape index (κ1) is 14.0. The molecule has 2 aromatic carbocycles. The van der Waals surface area contributed by atoms with E-state index in [0.29, 0.717) is 4.99 Å². The zero-order chi connectivity index (χ0) is 14.0. The summed E-state index contributed by atoms with van der Waals surface area (Å²) in [5, 5.41) is 0. The van der Waals surface area contributed by atoms with E-state index in [-0.39, 0.29) is 0 Å². The van der Waals surface area contributed by atoms with Gasteiger partial charge in [-0.25, -0.2) is 0 Å². The Morgan fingerprint density at radius 2 is 1.84 bits per heavy atom. The fraction of sp³-hybridized carbons (Fsp3) is 0.133. The highest BCUT2D eigenvalue weighted by Crippen LogP contribution is 2.28. The molecule has 0 bridgehead atoms. The van der Waals surface area contributed by atoms with Crippen LogP contribution in [-0.4, -0.2) is 4.99 Å². The number of benzene rings is 2. The molecule has 0 saturated carbocycles. The lowest BCUT2D eigenvalue weighted by molar-refractivity contribution is 0.478. The summed E-state index contributed by atoms with van der Waals surface area (Å²) >= 11 is 8.42. The molecular weight excluding hydrogens is 322 g/mol. The minimum Gasteiger partial charge on any atom is -0.457 e. The van der Waals surface area contributed by atoms with E-state index < -0.39 is 0 Å². The van der Waals surface area contributed by atoms with Crippen LogP contribution in [0.3, 0.4) is 0 Å². The minimum absolute atomic E-state index is 0.406. The van der Waals surface area contributed by atoms with Gasteiger partial charge in [-0.1, -0.05) is 28.1 Å². The van der Waals surface area contributed by atoms with Crippen molar-refractivity contribution in [3.8, 4) is 11.5 Å². The molecule has 0 aromatic heterocycles. The fourth-order valence-electron chi connectivity index (χ4n) is 1.83. The van der Waals surface area contributed by atoms with Gasteiger partial charge in [0.1, 0.15) is 16.5 Å². The molecule has 0 saturated heterocycles. The van der Waals surface area contributed by atoms with Crippen LogP contribution in [0.2, 0.25) is 0 Å². The van der Waals surface area contributed by atoms with E-state index in [4.69, 9.17) is 22.7 Å². The summed E-state index contributed by atoms with van der Waals surface area (Å²) in [6.45, 7) is 3.98. The molecule has 2 nitrogen and oxygen atoms in total. The molecule has 0 aliphatic heterocycles. The van der Waals surface area contributed by atoms with E-state index in [9.17, 15) is 0 Å². The number of halogens is 1. The second-order valence-electron chi connectivity index (χ2n) is 4.35. The number of hydrogen-bond donors (Lipinski definition) is 1. The third kappa shape index (κ3) is 3.33. The SMILES string of the molecule is Cc1cc(Br)ccc1Oc1ccc(C(N)=S)c(C)c1. The van der Waals surface area contributed by atoms with E-state index in [1.807, 2.05) is 50.2 Å². The van der Waals surface area contributed by atoms with Crippen molar-refractivity contribution in [2.24, 2.45) is 5.73 Å². The Morgan fingerprint density at radius 3 is 2.42 bits per heavy atom. The molecule has 0 unspecified atom stereocenters. The van der Waals surface area contributed by atoms with Gasteiger partial charge >= 0.3 is 0 Å². The summed E-state index contributed by atoms with van der Waals surface area (Å²) in [5.41, 5.74) is 8.62. The molecule has 4 heteroatoms. The Balaban J connectivity index is 2.29. The quantitative estimate of drug-likeness (QED) is 0.839. The lowest BCUT2D eigenvalue weighted by Crippen LogP contribution is -2.10. The highest BCUT2D eigenvalue weighted by molar-refractivity contribution is 9.10. The van der Waals surface area contributed by atoms with Crippen molar-refractivity contribution in [2.75, 3.05) is 0 Å². The van der Waals surface area contributed by atoms with Crippen LogP contribution in [0.1, 0.15) is 16.7 Å². The zero-order valence-corrected chi connectivity index (χ0v) is 13.1. The summed E-state index contributed by atoms with van der Waals surface area (Å²) in [6, 6.07) is 11.6. The highest BCUT2D eigenvalue weighted by Gasteiger charge is 2.06. The third-order valence-electron chi connectivity index (χ3n) is 2.83. The molecule has 0 spiro atoms. The lowest BCUT2D eigenvalue weighted by Gasteiger charge is -2.11. The van der Waals surface area contributed by atoms with Crippen LogP contribution in [0, 0.1) is 13.8 Å². The number of nitrogens with two attached hydrogens (primary N) is 1. The van der Waals surface area contributed by atoms with Crippen LogP contribution in [0.15, 0.2) is 40.9 Å². The van der Waals surface area contributed by atoms with Crippen molar-refractivity contribution >= 4 is 33.1 Å². The van der Waals surface area contributed by atoms with Gasteiger partial charge in [-0.2, -0.15) is 0 Å². The number of rotatable bonds is 3. The van der Waals surface area contributed by atoms with Crippen LogP contribution in [0.4, 0.5) is 0 Å². The van der Waals surface area contributed by atoms with Crippen molar-refractivity contribution in [3.63, 3.8) is 0 Å². The lowest BCUT2D eigenvalue weighted by atomic mass is 10.1. The maximum atomic E-state index is 5.87. The van der Waals surface area contributed by atoms with Crippen molar-refractivity contribution in [1.29, 1.82) is 0 Å². The molecular formula is C15H14BrNOS. The first-order valence-electron chi connectivity index (χ1n) is 5.82. The number of thiocarbonyl (C=S) groups is 1. The highest BCUT2D eigenvalue weighted by atomic mass is 79.9. The molecule has 0 amide bonds. The fourth-order valence-corrected chi connectivity index (χ4v) is 2.53. The van der Waals surface area contributed by atoms with Crippen molar-refractivity contribution in [2.45, 2.75) is 13.8 Å². The minimum atomic E-state index is 0.406. The van der Waals surface area contributed by atoms with Gasteiger partial charge in [0.05, 0.1) is 0 Å². The van der Waals surface area contributed by atoms with Gasteiger partial charge in [0.2, 0.25) is 0 Å². The van der Waals surface area contributed by atoms with Crippen LogP contribution in [-0.2, 0) is 0 Å². The summed E-state index contributed by atoms with van der Waals surface area (Å²) in [5.74, 6) is 1.62. The van der Waals surface area contributed by atoms with Crippen LogP contribution < -0.4 is 10.5 Å². The van der Waals surface area contributed by atoms with E-state index in [1.165, 1.54) is 0 Å². The third-order valence-corrected chi connectivity index (χ3v) is 3.54. The maximum absolute atomic E-state index is 5.87. The van der Waals surface area contributed by atoms with E-state index in [1.54, 1.807) is 0 Å². The topological polar surface area (TPSA) is 35.2 Å². The van der Waals surface area contributed by atoms with Gasteiger partial charge in [-0.05, 0) is 61.4 Å². The van der Waals surface area contributed by atoms with Gasteiger partial charge in [0.25, 0.3) is 0 Å². The molecule has 0 heterocycles. The molecule has 2 N–H and O–H groups in total. The molecule has 2 rings (SSSR count).